The summed E-state index contributed by atoms with van der Waals surface area (Å²) in [5.74, 6) is 0. The monoisotopic (exact) mass is 188 g/mol. The molecule has 0 atom stereocenters. The average Bonchev–Trinajstić information content (AvgIpc) is 2.30. The maximum absolute atomic E-state index is 10.8. The summed E-state index contributed by atoms with van der Waals surface area (Å²) in [6, 6.07) is 0. The number of rotatable bonds is 2. The Hall–Kier alpha value is -0.340. The number of hydrogen-bond acceptors (Lipinski definition) is 2. The highest BCUT2D eigenvalue weighted by molar-refractivity contribution is 7.10. The van der Waals surface area contributed by atoms with E-state index in [9.17, 15) is 4.79 Å². The molecule has 0 radical (unpaired) electrons. The van der Waals surface area contributed by atoms with Gasteiger partial charge in [-0.3, -0.25) is 4.79 Å². The molecule has 0 spiro atoms. The molecule has 1 aromatic rings. The highest BCUT2D eigenvalue weighted by Gasteiger charge is 2.11. The highest BCUT2D eigenvalue weighted by atomic mass is 35.5. The van der Waals surface area contributed by atoms with Crippen molar-refractivity contribution in [3.63, 3.8) is 0 Å². The van der Waals surface area contributed by atoms with E-state index in [1.54, 1.807) is 11.3 Å². The van der Waals surface area contributed by atoms with Gasteiger partial charge in [0.05, 0.1) is 0 Å². The maximum Gasteiger partial charge on any atom is 0.253 e. The van der Waals surface area contributed by atoms with Gasteiger partial charge in [0.2, 0.25) is 0 Å². The first-order chi connectivity index (χ1) is 5.16. The number of carbonyl (C=O) groups is 1. The molecule has 0 aliphatic heterocycles. The fourth-order valence-electron chi connectivity index (χ4n) is 1.08. The lowest BCUT2D eigenvalue weighted by Crippen LogP contribution is -1.92. The fraction of sp³-hybridized carbons (Fsp3) is 0.375. The molecule has 0 aliphatic rings. The molecule has 0 fully saturated rings. The van der Waals surface area contributed by atoms with Crippen molar-refractivity contribution < 1.29 is 4.79 Å². The van der Waals surface area contributed by atoms with Crippen LogP contribution in [0.2, 0.25) is 0 Å². The molecule has 0 saturated carbocycles. The van der Waals surface area contributed by atoms with Crippen LogP contribution in [-0.4, -0.2) is 5.24 Å². The van der Waals surface area contributed by atoms with Crippen LogP contribution in [0, 0.1) is 6.92 Å². The summed E-state index contributed by atoms with van der Waals surface area (Å²) in [7, 11) is 0. The Kier molecular flexibility index (Phi) is 2.68. The number of aryl methyl sites for hydroxylation is 1. The molecule has 1 aromatic heterocycles. The van der Waals surface area contributed by atoms with Crippen LogP contribution in [0.5, 0.6) is 0 Å². The molecule has 0 unspecified atom stereocenters. The standard InChI is InChI=1S/C8H9ClOS/c1-3-6-5(2)11-4-7(6)8(9)10/h4H,3H2,1-2H3. The van der Waals surface area contributed by atoms with Gasteiger partial charge in [-0.05, 0) is 30.5 Å². The van der Waals surface area contributed by atoms with Crippen molar-refractivity contribution in [1.82, 2.24) is 0 Å². The van der Waals surface area contributed by atoms with Crippen molar-refractivity contribution in [1.29, 1.82) is 0 Å². The predicted octanol–water partition coefficient (Wildman–Crippen LogP) is 3.00. The Bertz CT molecular complexity index is 278. The van der Waals surface area contributed by atoms with Crippen LogP contribution >= 0.6 is 22.9 Å². The number of thiophene rings is 1. The Morgan fingerprint density at radius 1 is 1.73 bits per heavy atom. The van der Waals surface area contributed by atoms with Crippen molar-refractivity contribution in [3.8, 4) is 0 Å². The van der Waals surface area contributed by atoms with Crippen molar-refractivity contribution in [2.45, 2.75) is 20.3 Å². The number of hydrogen-bond donors (Lipinski definition) is 0. The van der Waals surface area contributed by atoms with E-state index in [1.807, 2.05) is 19.2 Å². The van der Waals surface area contributed by atoms with E-state index < -0.39 is 0 Å². The molecule has 1 rings (SSSR count). The predicted molar refractivity (Wildman–Crippen MR) is 48.6 cm³/mol. The Morgan fingerprint density at radius 2 is 2.36 bits per heavy atom. The van der Waals surface area contributed by atoms with Gasteiger partial charge in [-0.15, -0.1) is 11.3 Å². The lowest BCUT2D eigenvalue weighted by Gasteiger charge is -1.95. The molecule has 0 saturated heterocycles. The van der Waals surface area contributed by atoms with Crippen LogP contribution in [0.4, 0.5) is 0 Å². The first kappa shape index (κ1) is 8.75. The van der Waals surface area contributed by atoms with Crippen molar-refractivity contribution in [2.75, 3.05) is 0 Å². The second-order valence-electron chi connectivity index (χ2n) is 2.31. The van der Waals surface area contributed by atoms with Gasteiger partial charge in [0.1, 0.15) is 0 Å². The minimum Gasteiger partial charge on any atom is -0.276 e. The van der Waals surface area contributed by atoms with E-state index >= 15 is 0 Å². The normalized spacial score (nSPS) is 10.1. The second-order valence-corrected chi connectivity index (χ2v) is 3.74. The van der Waals surface area contributed by atoms with E-state index in [-0.39, 0.29) is 5.24 Å². The number of halogens is 1. The van der Waals surface area contributed by atoms with Crippen LogP contribution in [0.15, 0.2) is 5.38 Å². The lowest BCUT2D eigenvalue weighted by molar-refractivity contribution is 0.108. The summed E-state index contributed by atoms with van der Waals surface area (Å²) in [5.41, 5.74) is 1.77. The molecule has 0 bridgehead atoms. The maximum atomic E-state index is 10.8. The topological polar surface area (TPSA) is 17.1 Å². The molecular weight excluding hydrogens is 180 g/mol. The van der Waals surface area contributed by atoms with Crippen molar-refractivity contribution >= 4 is 28.2 Å². The summed E-state index contributed by atoms with van der Waals surface area (Å²) in [6.07, 6.45) is 0.878. The minimum absolute atomic E-state index is 0.341. The van der Waals surface area contributed by atoms with Gasteiger partial charge in [-0.25, -0.2) is 0 Å². The summed E-state index contributed by atoms with van der Waals surface area (Å²) in [6.45, 7) is 4.03. The molecule has 0 amide bonds. The van der Waals surface area contributed by atoms with Crippen LogP contribution in [0.25, 0.3) is 0 Å². The van der Waals surface area contributed by atoms with Gasteiger partial charge in [0, 0.05) is 15.8 Å². The van der Waals surface area contributed by atoms with Crippen LogP contribution in [0.1, 0.15) is 27.7 Å². The zero-order chi connectivity index (χ0) is 8.43. The summed E-state index contributed by atoms with van der Waals surface area (Å²) >= 11 is 6.95. The SMILES string of the molecule is CCc1c(C(=O)Cl)csc1C. The van der Waals surface area contributed by atoms with E-state index in [0.29, 0.717) is 5.56 Å². The quantitative estimate of drug-likeness (QED) is 0.653. The summed E-state index contributed by atoms with van der Waals surface area (Å²) in [4.78, 5) is 12.0. The first-order valence-electron chi connectivity index (χ1n) is 3.43. The van der Waals surface area contributed by atoms with E-state index in [2.05, 4.69) is 0 Å². The van der Waals surface area contributed by atoms with E-state index in [1.165, 1.54) is 4.88 Å². The van der Waals surface area contributed by atoms with E-state index in [4.69, 9.17) is 11.6 Å². The second kappa shape index (κ2) is 3.37. The van der Waals surface area contributed by atoms with Gasteiger partial charge in [0.15, 0.2) is 0 Å². The van der Waals surface area contributed by atoms with Gasteiger partial charge in [-0.2, -0.15) is 0 Å². The third-order valence-electron chi connectivity index (χ3n) is 1.67. The Labute approximate surface area is 75.0 Å². The van der Waals surface area contributed by atoms with Crippen molar-refractivity contribution in [3.05, 3.63) is 21.4 Å². The molecule has 1 heterocycles. The molecular formula is C8H9ClOS. The van der Waals surface area contributed by atoms with Crippen molar-refractivity contribution in [2.24, 2.45) is 0 Å². The first-order valence-corrected chi connectivity index (χ1v) is 4.69. The van der Waals surface area contributed by atoms with Gasteiger partial charge >= 0.3 is 0 Å². The summed E-state index contributed by atoms with van der Waals surface area (Å²) < 4.78 is 0. The Morgan fingerprint density at radius 3 is 2.73 bits per heavy atom. The third kappa shape index (κ3) is 1.63. The van der Waals surface area contributed by atoms with Crippen LogP contribution in [0.3, 0.4) is 0 Å². The molecule has 11 heavy (non-hydrogen) atoms. The van der Waals surface area contributed by atoms with Crippen LogP contribution in [-0.2, 0) is 6.42 Å². The highest BCUT2D eigenvalue weighted by Crippen LogP contribution is 2.23. The minimum atomic E-state index is -0.341. The van der Waals surface area contributed by atoms with Gasteiger partial charge < -0.3 is 0 Å². The molecule has 0 N–H and O–H groups in total. The number of carbonyl (C=O) groups excluding carboxylic acids is 1. The Balaban J connectivity index is 3.15. The third-order valence-corrected chi connectivity index (χ3v) is 2.83. The molecule has 60 valence electrons. The average molecular weight is 189 g/mol. The zero-order valence-corrected chi connectivity index (χ0v) is 8.05. The molecule has 1 nitrogen and oxygen atoms in total. The lowest BCUT2D eigenvalue weighted by atomic mass is 10.1. The van der Waals surface area contributed by atoms with Crippen LogP contribution < -0.4 is 0 Å². The largest absolute Gasteiger partial charge is 0.276 e. The molecule has 0 aliphatic carbocycles. The zero-order valence-electron chi connectivity index (χ0n) is 6.48. The summed E-state index contributed by atoms with van der Waals surface area (Å²) in [5, 5.41) is 1.48. The molecule has 3 heteroatoms. The smallest absolute Gasteiger partial charge is 0.253 e. The molecule has 0 aromatic carbocycles. The fourth-order valence-corrected chi connectivity index (χ4v) is 2.26. The van der Waals surface area contributed by atoms with Gasteiger partial charge in [0.25, 0.3) is 5.24 Å². The van der Waals surface area contributed by atoms with E-state index in [0.717, 1.165) is 12.0 Å². The van der Waals surface area contributed by atoms with Gasteiger partial charge in [-0.1, -0.05) is 6.92 Å².